The quantitative estimate of drug-likeness (QED) is 0.852. The molecule has 4 heteroatoms. The fourth-order valence-corrected chi connectivity index (χ4v) is 3.20. The van der Waals surface area contributed by atoms with Crippen molar-refractivity contribution in [1.29, 1.82) is 0 Å². The number of rotatable bonds is 4. The predicted molar refractivity (Wildman–Crippen MR) is 95.9 cm³/mol. The van der Waals surface area contributed by atoms with E-state index in [0.29, 0.717) is 24.4 Å². The summed E-state index contributed by atoms with van der Waals surface area (Å²) in [6.07, 6.45) is 0. The van der Waals surface area contributed by atoms with Crippen LogP contribution in [0, 0.1) is 0 Å². The van der Waals surface area contributed by atoms with E-state index < -0.39 is 0 Å². The van der Waals surface area contributed by atoms with Crippen LogP contribution in [0.25, 0.3) is 0 Å². The summed E-state index contributed by atoms with van der Waals surface area (Å²) >= 11 is 0. The van der Waals surface area contributed by atoms with Gasteiger partial charge in [0.1, 0.15) is 6.61 Å². The van der Waals surface area contributed by atoms with Crippen LogP contribution >= 0.6 is 0 Å². The molecule has 4 nitrogen and oxygen atoms in total. The second-order valence-corrected chi connectivity index (χ2v) is 6.34. The number of hydrogen-bond donors (Lipinski definition) is 2. The summed E-state index contributed by atoms with van der Waals surface area (Å²) in [5.74, 6) is 0.789. The second-order valence-electron chi connectivity index (χ2n) is 6.34. The highest BCUT2D eigenvalue weighted by Crippen LogP contribution is 2.35. The molecule has 0 unspecified atom stereocenters. The van der Waals surface area contributed by atoms with Crippen LogP contribution in [0.3, 0.4) is 0 Å². The molecule has 122 valence electrons. The third-order valence-corrected chi connectivity index (χ3v) is 4.15. The van der Waals surface area contributed by atoms with Gasteiger partial charge in [0.15, 0.2) is 5.75 Å². The minimum absolute atomic E-state index is 0.446. The van der Waals surface area contributed by atoms with Gasteiger partial charge in [-0.05, 0) is 31.5 Å². The molecule has 1 saturated heterocycles. The molecule has 0 spiro atoms. The first-order valence-corrected chi connectivity index (χ1v) is 8.19. The maximum absolute atomic E-state index is 6.19. The summed E-state index contributed by atoms with van der Waals surface area (Å²) in [5.41, 5.74) is 9.11. The normalized spacial score (nSPS) is 21.2. The zero-order valence-corrected chi connectivity index (χ0v) is 13.8. The van der Waals surface area contributed by atoms with E-state index in [0.717, 1.165) is 30.1 Å². The van der Waals surface area contributed by atoms with Crippen molar-refractivity contribution in [1.82, 2.24) is 5.32 Å². The molecule has 0 amide bonds. The van der Waals surface area contributed by atoms with E-state index in [1.54, 1.807) is 0 Å². The Hall–Kier alpha value is -2.20. The number of nitrogen functional groups attached to an aromatic ring is 1. The van der Waals surface area contributed by atoms with Crippen molar-refractivity contribution in [3.63, 3.8) is 0 Å². The number of anilines is 2. The number of nitrogens with two attached hydrogens (primary N) is 1. The molecule has 1 aliphatic heterocycles. The Bertz CT molecular complexity index is 634. The largest absolute Gasteiger partial charge is 0.485 e. The molecule has 3 rings (SSSR count). The molecule has 3 N–H and O–H groups in total. The minimum Gasteiger partial charge on any atom is -0.485 e. The molecular weight excluding hydrogens is 286 g/mol. The van der Waals surface area contributed by atoms with Crippen molar-refractivity contribution in [3.05, 3.63) is 54.1 Å². The average molecular weight is 311 g/mol. The zero-order chi connectivity index (χ0) is 16.2. The summed E-state index contributed by atoms with van der Waals surface area (Å²) in [6, 6.07) is 17.1. The first kappa shape index (κ1) is 15.7. The van der Waals surface area contributed by atoms with Crippen molar-refractivity contribution in [3.8, 4) is 5.75 Å². The summed E-state index contributed by atoms with van der Waals surface area (Å²) < 4.78 is 6.09. The lowest BCUT2D eigenvalue weighted by Gasteiger charge is -2.38. The van der Waals surface area contributed by atoms with Gasteiger partial charge in [-0.2, -0.15) is 0 Å². The Kier molecular flexibility index (Phi) is 4.72. The molecule has 1 aliphatic rings. The van der Waals surface area contributed by atoms with Crippen LogP contribution in [0.15, 0.2) is 48.5 Å². The molecule has 1 heterocycles. The number of benzene rings is 2. The van der Waals surface area contributed by atoms with Crippen LogP contribution in [0.5, 0.6) is 5.75 Å². The Balaban J connectivity index is 1.82. The van der Waals surface area contributed by atoms with E-state index in [9.17, 15) is 0 Å². The Morgan fingerprint density at radius 2 is 1.74 bits per heavy atom. The maximum atomic E-state index is 6.19. The standard InChI is InChI=1S/C19H25N3O/c1-14-11-22(12-15(2)21-14)18-10-6-9-17(20)19(18)23-13-16-7-4-3-5-8-16/h3-10,14-15,21H,11-13,20H2,1-2H3/t14-,15+. The number of para-hydroxylation sites is 1. The third-order valence-electron chi connectivity index (χ3n) is 4.15. The smallest absolute Gasteiger partial charge is 0.165 e. The van der Waals surface area contributed by atoms with Crippen molar-refractivity contribution >= 4 is 11.4 Å². The van der Waals surface area contributed by atoms with Crippen LogP contribution in [0.2, 0.25) is 0 Å². The van der Waals surface area contributed by atoms with Gasteiger partial charge in [-0.15, -0.1) is 0 Å². The molecule has 23 heavy (non-hydrogen) atoms. The second kappa shape index (κ2) is 6.92. The molecule has 0 bridgehead atoms. The monoisotopic (exact) mass is 311 g/mol. The zero-order valence-electron chi connectivity index (χ0n) is 13.8. The van der Waals surface area contributed by atoms with E-state index in [1.807, 2.05) is 30.3 Å². The third kappa shape index (κ3) is 3.77. The number of hydrogen-bond acceptors (Lipinski definition) is 4. The first-order valence-electron chi connectivity index (χ1n) is 8.19. The van der Waals surface area contributed by atoms with E-state index in [-0.39, 0.29) is 0 Å². The molecule has 0 aliphatic carbocycles. The topological polar surface area (TPSA) is 50.5 Å². The maximum Gasteiger partial charge on any atom is 0.165 e. The van der Waals surface area contributed by atoms with Crippen LogP contribution in [-0.2, 0) is 6.61 Å². The van der Waals surface area contributed by atoms with Gasteiger partial charge < -0.3 is 20.7 Å². The van der Waals surface area contributed by atoms with Crippen molar-refractivity contribution < 1.29 is 4.74 Å². The van der Waals surface area contributed by atoms with E-state index in [4.69, 9.17) is 10.5 Å². The molecular formula is C19H25N3O. The first-order chi connectivity index (χ1) is 11.1. The summed E-state index contributed by atoms with van der Waals surface area (Å²) in [6.45, 7) is 6.85. The lowest BCUT2D eigenvalue weighted by Crippen LogP contribution is -2.54. The molecule has 0 saturated carbocycles. The van der Waals surface area contributed by atoms with Crippen molar-refractivity contribution in [2.24, 2.45) is 0 Å². The number of nitrogens with one attached hydrogen (secondary N) is 1. The van der Waals surface area contributed by atoms with Crippen LogP contribution in [0.4, 0.5) is 11.4 Å². The van der Waals surface area contributed by atoms with Gasteiger partial charge in [0.25, 0.3) is 0 Å². The number of nitrogens with zero attached hydrogens (tertiary/aromatic N) is 1. The van der Waals surface area contributed by atoms with Crippen LogP contribution < -0.4 is 20.7 Å². The highest BCUT2D eigenvalue weighted by molar-refractivity contribution is 5.70. The molecule has 1 fully saturated rings. The lowest BCUT2D eigenvalue weighted by atomic mass is 10.1. The molecule has 0 radical (unpaired) electrons. The predicted octanol–water partition coefficient (Wildman–Crippen LogP) is 3.03. The Morgan fingerprint density at radius 1 is 1.04 bits per heavy atom. The summed E-state index contributed by atoms with van der Waals surface area (Å²) in [7, 11) is 0. The van der Waals surface area contributed by atoms with Crippen LogP contribution in [0.1, 0.15) is 19.4 Å². The van der Waals surface area contributed by atoms with Gasteiger partial charge in [0.05, 0.1) is 11.4 Å². The number of ether oxygens (including phenoxy) is 1. The van der Waals surface area contributed by atoms with Crippen LogP contribution in [-0.4, -0.2) is 25.2 Å². The highest BCUT2D eigenvalue weighted by Gasteiger charge is 2.24. The summed E-state index contributed by atoms with van der Waals surface area (Å²) in [5, 5.41) is 3.56. The molecule has 0 aromatic heterocycles. The molecule has 2 atom stereocenters. The molecule has 2 aromatic rings. The SMILES string of the molecule is C[C@@H]1CN(c2cccc(N)c2OCc2ccccc2)C[C@H](C)N1. The van der Waals surface area contributed by atoms with Gasteiger partial charge in [-0.1, -0.05) is 36.4 Å². The summed E-state index contributed by atoms with van der Waals surface area (Å²) in [4.78, 5) is 2.36. The van der Waals surface area contributed by atoms with E-state index in [1.165, 1.54) is 0 Å². The minimum atomic E-state index is 0.446. The van der Waals surface area contributed by atoms with Crippen molar-refractivity contribution in [2.75, 3.05) is 23.7 Å². The average Bonchev–Trinajstić information content (AvgIpc) is 2.53. The lowest BCUT2D eigenvalue weighted by molar-refractivity contribution is 0.306. The Morgan fingerprint density at radius 3 is 2.43 bits per heavy atom. The van der Waals surface area contributed by atoms with Gasteiger partial charge in [0.2, 0.25) is 0 Å². The van der Waals surface area contributed by atoms with Gasteiger partial charge in [-0.25, -0.2) is 0 Å². The van der Waals surface area contributed by atoms with Gasteiger partial charge >= 0.3 is 0 Å². The fourth-order valence-electron chi connectivity index (χ4n) is 3.20. The fraction of sp³-hybridized carbons (Fsp3) is 0.368. The number of piperazine rings is 1. The van der Waals surface area contributed by atoms with Gasteiger partial charge in [0, 0.05) is 25.2 Å². The van der Waals surface area contributed by atoms with Gasteiger partial charge in [-0.3, -0.25) is 0 Å². The van der Waals surface area contributed by atoms with E-state index in [2.05, 4.69) is 42.3 Å². The molecule has 2 aromatic carbocycles. The Labute approximate surface area is 138 Å². The van der Waals surface area contributed by atoms with E-state index >= 15 is 0 Å². The van der Waals surface area contributed by atoms with Crippen molar-refractivity contribution in [2.45, 2.75) is 32.5 Å². The highest BCUT2D eigenvalue weighted by atomic mass is 16.5.